The number of hydrogen-bond donors (Lipinski definition) is 2. The van der Waals surface area contributed by atoms with E-state index < -0.39 is 17.5 Å². The van der Waals surface area contributed by atoms with E-state index in [0.29, 0.717) is 29.1 Å². The summed E-state index contributed by atoms with van der Waals surface area (Å²) in [5.74, 6) is 1.25. The second-order valence-electron chi connectivity index (χ2n) is 14.3. The number of aliphatic hydroxyl groups is 1. The van der Waals surface area contributed by atoms with Crippen molar-refractivity contribution in [2.75, 3.05) is 0 Å². The Morgan fingerprint density at radius 3 is 2.09 bits per heavy atom. The maximum Gasteiger partial charge on any atom is 0.312 e. The Bertz CT molecular complexity index is 889. The van der Waals surface area contributed by atoms with Gasteiger partial charge in [0.1, 0.15) is 0 Å². The SMILES string of the molecule is CC(C)C1=C2CC[C@]3(C)[C@H](CC[C@@H]4[C@@]5(C)CC[C@H](O)[C@](C)(C(=O)O)[C@@H]5CC[C@]43C)[C@@]2(C)CC1. The first-order valence-corrected chi connectivity index (χ1v) is 13.9. The molecule has 33 heavy (non-hydrogen) atoms. The highest BCUT2D eigenvalue weighted by Crippen LogP contribution is 2.77. The Morgan fingerprint density at radius 1 is 0.818 bits per heavy atom. The maximum absolute atomic E-state index is 12.5. The summed E-state index contributed by atoms with van der Waals surface area (Å²) in [7, 11) is 0. The molecule has 3 heteroatoms. The Hall–Kier alpha value is -0.830. The molecular formula is C30H48O3. The first-order chi connectivity index (χ1) is 15.3. The van der Waals surface area contributed by atoms with Gasteiger partial charge in [0.25, 0.3) is 0 Å². The lowest BCUT2D eigenvalue weighted by atomic mass is 9.32. The molecule has 0 aliphatic heterocycles. The molecule has 0 aromatic rings. The molecule has 0 amide bonds. The van der Waals surface area contributed by atoms with Gasteiger partial charge in [-0.3, -0.25) is 4.79 Å². The van der Waals surface area contributed by atoms with Crippen LogP contribution in [0.15, 0.2) is 11.1 Å². The molecule has 0 aromatic carbocycles. The second-order valence-corrected chi connectivity index (χ2v) is 14.3. The van der Waals surface area contributed by atoms with Crippen molar-refractivity contribution in [3.63, 3.8) is 0 Å². The fourth-order valence-corrected chi connectivity index (χ4v) is 11.3. The molecule has 2 N–H and O–H groups in total. The quantitative estimate of drug-likeness (QED) is 0.431. The lowest BCUT2D eigenvalue weighted by molar-refractivity contribution is -0.244. The third-order valence-electron chi connectivity index (χ3n) is 13.3. The van der Waals surface area contributed by atoms with Gasteiger partial charge in [-0.2, -0.15) is 0 Å². The van der Waals surface area contributed by atoms with Crippen LogP contribution in [0.4, 0.5) is 0 Å². The van der Waals surface area contributed by atoms with Crippen LogP contribution in [0.25, 0.3) is 0 Å². The first-order valence-electron chi connectivity index (χ1n) is 13.9. The fourth-order valence-electron chi connectivity index (χ4n) is 11.3. The zero-order valence-electron chi connectivity index (χ0n) is 22.3. The third kappa shape index (κ3) is 2.70. The fraction of sp³-hybridized carbons (Fsp3) is 0.900. The van der Waals surface area contributed by atoms with Crippen LogP contribution < -0.4 is 0 Å². The summed E-state index contributed by atoms with van der Waals surface area (Å²) in [6, 6.07) is 0. The monoisotopic (exact) mass is 456 g/mol. The van der Waals surface area contributed by atoms with Gasteiger partial charge in [0.15, 0.2) is 0 Å². The summed E-state index contributed by atoms with van der Waals surface area (Å²) in [5, 5.41) is 21.1. The summed E-state index contributed by atoms with van der Waals surface area (Å²) in [4.78, 5) is 12.5. The number of fused-ring (bicyclic) bond motifs is 7. The molecule has 186 valence electrons. The zero-order chi connectivity index (χ0) is 24.2. The van der Waals surface area contributed by atoms with Crippen molar-refractivity contribution in [1.29, 1.82) is 0 Å². The first kappa shape index (κ1) is 23.9. The third-order valence-corrected chi connectivity index (χ3v) is 13.3. The highest BCUT2D eigenvalue weighted by atomic mass is 16.4. The normalized spacial score (nSPS) is 53.8. The van der Waals surface area contributed by atoms with Gasteiger partial charge in [0.2, 0.25) is 0 Å². The van der Waals surface area contributed by atoms with Crippen molar-refractivity contribution in [3.8, 4) is 0 Å². The molecule has 0 spiro atoms. The smallest absolute Gasteiger partial charge is 0.312 e. The number of carbonyl (C=O) groups is 1. The molecule has 5 aliphatic carbocycles. The van der Waals surface area contributed by atoms with Gasteiger partial charge < -0.3 is 10.2 Å². The molecule has 0 saturated heterocycles. The Morgan fingerprint density at radius 2 is 1.45 bits per heavy atom. The molecule has 5 aliphatic rings. The van der Waals surface area contributed by atoms with Crippen molar-refractivity contribution < 1.29 is 15.0 Å². The molecule has 0 aromatic heterocycles. The van der Waals surface area contributed by atoms with Crippen molar-refractivity contribution in [1.82, 2.24) is 0 Å². The minimum absolute atomic E-state index is 0.00312. The zero-order valence-corrected chi connectivity index (χ0v) is 22.3. The predicted octanol–water partition coefficient (Wildman–Crippen LogP) is 7.23. The van der Waals surface area contributed by atoms with Crippen molar-refractivity contribution in [2.24, 2.45) is 50.7 Å². The van der Waals surface area contributed by atoms with Gasteiger partial charge in [-0.15, -0.1) is 0 Å². The van der Waals surface area contributed by atoms with E-state index in [2.05, 4.69) is 41.5 Å². The lowest BCUT2D eigenvalue weighted by Gasteiger charge is -2.72. The number of carboxylic acid groups (broad SMARTS) is 1. The lowest BCUT2D eigenvalue weighted by Crippen LogP contribution is -2.67. The minimum Gasteiger partial charge on any atom is -0.481 e. The van der Waals surface area contributed by atoms with Crippen LogP contribution in [0.5, 0.6) is 0 Å². The van der Waals surface area contributed by atoms with Gasteiger partial charge in [-0.05, 0) is 116 Å². The summed E-state index contributed by atoms with van der Waals surface area (Å²) in [6.45, 7) is 16.9. The number of rotatable bonds is 2. The van der Waals surface area contributed by atoms with Gasteiger partial charge in [-0.25, -0.2) is 0 Å². The minimum atomic E-state index is -1.02. The maximum atomic E-state index is 12.5. The highest BCUT2D eigenvalue weighted by molar-refractivity contribution is 5.76. The topological polar surface area (TPSA) is 57.5 Å². The molecule has 4 saturated carbocycles. The van der Waals surface area contributed by atoms with Crippen LogP contribution in [0, 0.1) is 50.7 Å². The summed E-state index contributed by atoms with van der Waals surface area (Å²) >= 11 is 0. The average Bonchev–Trinajstić information content (AvgIpc) is 3.09. The number of carboxylic acids is 1. The van der Waals surface area contributed by atoms with Gasteiger partial charge >= 0.3 is 5.97 Å². The Labute approximate surface area is 201 Å². The largest absolute Gasteiger partial charge is 0.481 e. The molecule has 9 atom stereocenters. The van der Waals surface area contributed by atoms with Crippen molar-refractivity contribution in [2.45, 2.75) is 119 Å². The van der Waals surface area contributed by atoms with Gasteiger partial charge in [0, 0.05) is 0 Å². The van der Waals surface area contributed by atoms with Crippen LogP contribution in [-0.2, 0) is 4.79 Å². The average molecular weight is 457 g/mol. The summed E-state index contributed by atoms with van der Waals surface area (Å²) in [5.41, 5.74) is 3.49. The predicted molar refractivity (Wildman–Crippen MR) is 133 cm³/mol. The molecule has 3 nitrogen and oxygen atoms in total. The van der Waals surface area contributed by atoms with E-state index in [-0.39, 0.29) is 16.7 Å². The van der Waals surface area contributed by atoms with E-state index in [9.17, 15) is 15.0 Å². The highest BCUT2D eigenvalue weighted by Gasteiger charge is 2.71. The van der Waals surface area contributed by atoms with Crippen molar-refractivity contribution >= 4 is 5.97 Å². The van der Waals surface area contributed by atoms with Gasteiger partial charge in [-0.1, -0.05) is 52.7 Å². The van der Waals surface area contributed by atoms with Crippen LogP contribution >= 0.6 is 0 Å². The van der Waals surface area contributed by atoms with E-state index in [4.69, 9.17) is 0 Å². The Balaban J connectivity index is 1.56. The number of aliphatic carboxylic acids is 1. The van der Waals surface area contributed by atoms with Gasteiger partial charge in [0.05, 0.1) is 11.5 Å². The number of hydrogen-bond acceptors (Lipinski definition) is 2. The molecule has 0 heterocycles. The van der Waals surface area contributed by atoms with Crippen LogP contribution in [0.1, 0.15) is 113 Å². The van der Waals surface area contributed by atoms with Crippen LogP contribution in [0.2, 0.25) is 0 Å². The number of aliphatic hydroxyl groups excluding tert-OH is 1. The van der Waals surface area contributed by atoms with Crippen LogP contribution in [0.3, 0.4) is 0 Å². The summed E-state index contributed by atoms with van der Waals surface area (Å²) in [6.07, 6.45) is 10.7. The van der Waals surface area contributed by atoms with E-state index in [0.717, 1.165) is 25.2 Å². The molecular weight excluding hydrogens is 408 g/mol. The molecule has 4 fully saturated rings. The standard InChI is InChI=1S/C30H48O3/c1-18(2)19-10-14-26(3)20(19)11-16-28(5)21(26)8-9-22-27(4)15-13-24(31)30(7,25(32)33)23(27)12-17-29(22,28)6/h18,21-24,31H,8-17H2,1-7H3,(H,32,33)/t21-,22-,23-,24+,26+,27-,28-,29-,30-/m1/s1. The summed E-state index contributed by atoms with van der Waals surface area (Å²) < 4.78 is 0. The molecule has 5 rings (SSSR count). The molecule has 0 bridgehead atoms. The van der Waals surface area contributed by atoms with E-state index in [1.54, 1.807) is 5.57 Å². The van der Waals surface area contributed by atoms with E-state index in [1.807, 2.05) is 12.5 Å². The number of allylic oxidation sites excluding steroid dienone is 2. The van der Waals surface area contributed by atoms with E-state index in [1.165, 1.54) is 38.5 Å². The van der Waals surface area contributed by atoms with E-state index >= 15 is 0 Å². The Kier molecular flexibility index (Phi) is 5.15. The van der Waals surface area contributed by atoms with Crippen molar-refractivity contribution in [3.05, 3.63) is 11.1 Å². The molecule has 0 unspecified atom stereocenters. The molecule has 0 radical (unpaired) electrons. The second kappa shape index (κ2) is 7.11. The van der Waals surface area contributed by atoms with Crippen LogP contribution in [-0.4, -0.2) is 22.3 Å².